The first-order valence-corrected chi connectivity index (χ1v) is 5.92. The minimum Gasteiger partial charge on any atom is -0.342 e. The van der Waals surface area contributed by atoms with E-state index in [4.69, 9.17) is 11.6 Å². The van der Waals surface area contributed by atoms with Gasteiger partial charge in [-0.1, -0.05) is 17.7 Å². The predicted octanol–water partition coefficient (Wildman–Crippen LogP) is 1.66. The summed E-state index contributed by atoms with van der Waals surface area (Å²) in [6.45, 7) is 1.89. The fraction of sp³-hybridized carbons (Fsp3) is 0.417. The molecule has 0 radical (unpaired) electrons. The molecule has 4 heteroatoms. The molecular weight excluding hydrogens is 224 g/mol. The first-order chi connectivity index (χ1) is 7.71. The Morgan fingerprint density at radius 2 is 2.00 bits per heavy atom. The maximum atomic E-state index is 11.9. The van der Waals surface area contributed by atoms with Crippen molar-refractivity contribution in [3.05, 3.63) is 34.3 Å². The average molecular weight is 237 g/mol. The molecule has 3 rings (SSSR count). The van der Waals surface area contributed by atoms with Crippen LogP contribution in [0.2, 0.25) is 5.02 Å². The fourth-order valence-electron chi connectivity index (χ4n) is 2.72. The van der Waals surface area contributed by atoms with E-state index in [9.17, 15) is 4.79 Å². The summed E-state index contributed by atoms with van der Waals surface area (Å²) in [5.74, 6) is 0.0133. The Morgan fingerprint density at radius 1 is 1.25 bits per heavy atom. The zero-order chi connectivity index (χ0) is 11.2. The van der Waals surface area contributed by atoms with Crippen molar-refractivity contribution >= 4 is 17.5 Å². The van der Waals surface area contributed by atoms with Gasteiger partial charge in [0.05, 0.1) is 5.54 Å². The van der Waals surface area contributed by atoms with Crippen molar-refractivity contribution in [1.29, 1.82) is 0 Å². The van der Waals surface area contributed by atoms with Crippen molar-refractivity contribution in [1.82, 2.24) is 10.6 Å². The number of halogens is 1. The molecule has 2 aliphatic heterocycles. The van der Waals surface area contributed by atoms with Crippen LogP contribution in [-0.2, 0) is 5.54 Å². The monoisotopic (exact) mass is 236 g/mol. The molecule has 0 bridgehead atoms. The van der Waals surface area contributed by atoms with E-state index >= 15 is 0 Å². The molecular formula is C12H13ClN2O. The van der Waals surface area contributed by atoms with Crippen LogP contribution in [0.4, 0.5) is 0 Å². The number of benzene rings is 1. The maximum Gasteiger partial charge on any atom is 0.252 e. The Balaban J connectivity index is 2.11. The van der Waals surface area contributed by atoms with Crippen molar-refractivity contribution in [3.63, 3.8) is 0 Å². The quantitative estimate of drug-likeness (QED) is 0.720. The van der Waals surface area contributed by atoms with E-state index in [1.54, 1.807) is 6.07 Å². The third kappa shape index (κ3) is 1.35. The van der Waals surface area contributed by atoms with E-state index in [1.807, 2.05) is 12.1 Å². The van der Waals surface area contributed by atoms with Gasteiger partial charge in [0.1, 0.15) is 0 Å². The van der Waals surface area contributed by atoms with Crippen LogP contribution in [0.5, 0.6) is 0 Å². The normalized spacial score (nSPS) is 21.9. The number of hydrogen-bond acceptors (Lipinski definition) is 2. The van der Waals surface area contributed by atoms with Gasteiger partial charge < -0.3 is 10.6 Å². The van der Waals surface area contributed by atoms with E-state index in [-0.39, 0.29) is 11.4 Å². The molecule has 1 aromatic carbocycles. The summed E-state index contributed by atoms with van der Waals surface area (Å²) >= 11 is 5.92. The van der Waals surface area contributed by atoms with Gasteiger partial charge in [-0.05, 0) is 43.6 Å². The molecule has 0 saturated carbocycles. The zero-order valence-corrected chi connectivity index (χ0v) is 9.60. The Morgan fingerprint density at radius 3 is 2.75 bits per heavy atom. The van der Waals surface area contributed by atoms with E-state index < -0.39 is 0 Å². The molecule has 0 atom stereocenters. The van der Waals surface area contributed by atoms with Crippen LogP contribution in [0.25, 0.3) is 0 Å². The van der Waals surface area contributed by atoms with Crippen LogP contribution in [0.15, 0.2) is 18.2 Å². The average Bonchev–Trinajstić information content (AvgIpc) is 2.53. The second-order valence-corrected chi connectivity index (χ2v) is 4.91. The fourth-order valence-corrected chi connectivity index (χ4v) is 2.89. The zero-order valence-electron chi connectivity index (χ0n) is 8.85. The van der Waals surface area contributed by atoms with Crippen LogP contribution in [0.1, 0.15) is 28.8 Å². The largest absolute Gasteiger partial charge is 0.342 e. The van der Waals surface area contributed by atoms with Crippen molar-refractivity contribution < 1.29 is 4.79 Å². The lowest BCUT2D eigenvalue weighted by molar-refractivity contribution is 0.0913. The van der Waals surface area contributed by atoms with Crippen LogP contribution in [0.3, 0.4) is 0 Å². The van der Waals surface area contributed by atoms with Gasteiger partial charge in [0.2, 0.25) is 0 Å². The first-order valence-electron chi connectivity index (χ1n) is 5.55. The number of amides is 1. The summed E-state index contributed by atoms with van der Waals surface area (Å²) in [4.78, 5) is 11.9. The van der Waals surface area contributed by atoms with Crippen LogP contribution < -0.4 is 10.6 Å². The number of rotatable bonds is 0. The molecule has 1 saturated heterocycles. The number of nitrogens with one attached hydrogen (secondary N) is 2. The first kappa shape index (κ1) is 10.1. The van der Waals surface area contributed by atoms with Gasteiger partial charge in [-0.25, -0.2) is 0 Å². The van der Waals surface area contributed by atoms with Crippen molar-refractivity contribution in [2.75, 3.05) is 13.1 Å². The number of hydrogen-bond donors (Lipinski definition) is 2. The molecule has 84 valence electrons. The Bertz CT molecular complexity index is 452. The summed E-state index contributed by atoms with van der Waals surface area (Å²) < 4.78 is 0. The Kier molecular flexibility index (Phi) is 2.19. The third-order valence-corrected chi connectivity index (χ3v) is 3.79. The summed E-state index contributed by atoms with van der Waals surface area (Å²) in [7, 11) is 0. The van der Waals surface area contributed by atoms with E-state index in [2.05, 4.69) is 10.6 Å². The lowest BCUT2D eigenvalue weighted by atomic mass is 9.82. The third-order valence-electron chi connectivity index (χ3n) is 3.55. The highest BCUT2D eigenvalue weighted by Gasteiger charge is 2.43. The van der Waals surface area contributed by atoms with E-state index in [0.29, 0.717) is 5.02 Å². The number of carbonyl (C=O) groups excluding carboxylic acids is 1. The van der Waals surface area contributed by atoms with E-state index in [0.717, 1.165) is 37.1 Å². The maximum absolute atomic E-state index is 11.9. The van der Waals surface area contributed by atoms with Crippen LogP contribution in [0, 0.1) is 0 Å². The lowest BCUT2D eigenvalue weighted by Gasteiger charge is -2.34. The van der Waals surface area contributed by atoms with Gasteiger partial charge in [0.15, 0.2) is 0 Å². The number of fused-ring (bicyclic) bond motifs is 2. The van der Waals surface area contributed by atoms with Gasteiger partial charge in [0, 0.05) is 10.6 Å². The highest BCUT2D eigenvalue weighted by Crippen LogP contribution is 2.38. The summed E-state index contributed by atoms with van der Waals surface area (Å²) in [5, 5.41) is 7.06. The lowest BCUT2D eigenvalue weighted by Crippen LogP contribution is -2.47. The smallest absolute Gasteiger partial charge is 0.252 e. The molecule has 0 aliphatic carbocycles. The standard InChI is InChI=1S/C12H13ClN2O/c13-8-1-2-10-9(7-8)11(16)15-12(10)3-5-14-6-4-12/h1-2,7,14H,3-6H2,(H,15,16). The highest BCUT2D eigenvalue weighted by molar-refractivity contribution is 6.31. The number of carbonyl (C=O) groups is 1. The van der Waals surface area contributed by atoms with Gasteiger partial charge in [-0.3, -0.25) is 4.79 Å². The molecule has 16 heavy (non-hydrogen) atoms. The van der Waals surface area contributed by atoms with Gasteiger partial charge >= 0.3 is 0 Å². The van der Waals surface area contributed by atoms with Crippen molar-refractivity contribution in [2.24, 2.45) is 0 Å². The molecule has 3 nitrogen and oxygen atoms in total. The van der Waals surface area contributed by atoms with Crippen LogP contribution >= 0.6 is 11.6 Å². The molecule has 2 aliphatic rings. The second-order valence-electron chi connectivity index (χ2n) is 4.48. The van der Waals surface area contributed by atoms with Gasteiger partial charge in [0.25, 0.3) is 5.91 Å². The summed E-state index contributed by atoms with van der Waals surface area (Å²) in [5.41, 5.74) is 1.71. The molecule has 1 amide bonds. The molecule has 2 heterocycles. The molecule has 1 fully saturated rings. The summed E-state index contributed by atoms with van der Waals surface area (Å²) in [6.07, 6.45) is 1.90. The number of piperidine rings is 1. The molecule has 1 aromatic rings. The van der Waals surface area contributed by atoms with Crippen molar-refractivity contribution in [3.8, 4) is 0 Å². The Hall–Kier alpha value is -1.06. The molecule has 0 aromatic heterocycles. The molecule has 1 spiro atoms. The predicted molar refractivity (Wildman–Crippen MR) is 62.7 cm³/mol. The minimum absolute atomic E-state index is 0.0133. The van der Waals surface area contributed by atoms with Gasteiger partial charge in [-0.2, -0.15) is 0 Å². The Labute approximate surface area is 99.2 Å². The molecule has 2 N–H and O–H groups in total. The topological polar surface area (TPSA) is 41.1 Å². The summed E-state index contributed by atoms with van der Waals surface area (Å²) in [6, 6.07) is 5.62. The van der Waals surface area contributed by atoms with Crippen molar-refractivity contribution in [2.45, 2.75) is 18.4 Å². The minimum atomic E-state index is -0.151. The SMILES string of the molecule is O=C1NC2(CCNCC2)c2ccc(Cl)cc21. The highest BCUT2D eigenvalue weighted by atomic mass is 35.5. The second kappa shape index (κ2) is 3.47. The van der Waals surface area contributed by atoms with Crippen LogP contribution in [-0.4, -0.2) is 19.0 Å². The molecule has 0 unspecified atom stereocenters. The van der Waals surface area contributed by atoms with Gasteiger partial charge in [-0.15, -0.1) is 0 Å². The van der Waals surface area contributed by atoms with E-state index in [1.165, 1.54) is 0 Å².